The molecule has 0 saturated carbocycles. The first-order chi connectivity index (χ1) is 19.1. The van der Waals surface area contributed by atoms with Gasteiger partial charge in [0, 0.05) is 5.56 Å². The number of carbonyl (C=O) groups is 2. The van der Waals surface area contributed by atoms with Gasteiger partial charge in [-0.2, -0.15) is 0 Å². The highest BCUT2D eigenvalue weighted by molar-refractivity contribution is 7.44. The van der Waals surface area contributed by atoms with Crippen molar-refractivity contribution in [2.45, 2.75) is 31.5 Å². The number of aliphatic hydroxyl groups excluding tert-OH is 1. The number of benzene rings is 2. The number of nitrogens with zero attached hydrogens (tertiary/aromatic N) is 4. The summed E-state index contributed by atoms with van der Waals surface area (Å²) in [5.41, 5.74) is 1.86. The Labute approximate surface area is 226 Å². The molecule has 1 aliphatic heterocycles. The molecule has 1 unspecified atom stereocenters. The molecule has 0 aliphatic carbocycles. The lowest BCUT2D eigenvalue weighted by Gasteiger charge is -2.25. The summed E-state index contributed by atoms with van der Waals surface area (Å²) in [5.74, 6) is -1.07. The van der Waals surface area contributed by atoms with Gasteiger partial charge in [0.15, 0.2) is 23.2 Å². The fraction of sp³-hybridized carbons (Fsp3) is 0.240. The van der Waals surface area contributed by atoms with E-state index in [2.05, 4.69) is 20.3 Å². The maximum Gasteiger partial charge on any atom is 0.338 e. The van der Waals surface area contributed by atoms with E-state index in [1.807, 2.05) is 6.92 Å². The van der Waals surface area contributed by atoms with E-state index in [0.29, 0.717) is 5.56 Å². The lowest BCUT2D eigenvalue weighted by molar-refractivity contribution is -0.228. The first-order valence-corrected chi connectivity index (χ1v) is 13.4. The van der Waals surface area contributed by atoms with E-state index in [-0.39, 0.29) is 22.5 Å². The van der Waals surface area contributed by atoms with Crippen LogP contribution < -0.4 is 10.2 Å². The van der Waals surface area contributed by atoms with Crippen LogP contribution in [-0.4, -0.2) is 66.3 Å². The fourth-order valence-corrected chi connectivity index (χ4v) is 4.77. The second kappa shape index (κ2) is 11.2. The Morgan fingerprint density at radius 3 is 2.52 bits per heavy atom. The normalized spacial score (nSPS) is 22.1. The summed E-state index contributed by atoms with van der Waals surface area (Å²) in [5, 5.41) is 13.6. The molecule has 0 radical (unpaired) electrons. The minimum atomic E-state index is -5.33. The molecule has 1 amide bonds. The highest BCUT2D eigenvalue weighted by Crippen LogP contribution is 2.42. The Bertz CT molecular complexity index is 1570. The van der Waals surface area contributed by atoms with Crippen LogP contribution in [0.3, 0.4) is 0 Å². The average Bonchev–Trinajstić information content (AvgIpc) is 3.49. The third kappa shape index (κ3) is 5.92. The number of hydrogen-bond donors (Lipinski definition) is 3. The maximum absolute atomic E-state index is 12.6. The fourth-order valence-electron chi connectivity index (χ4n) is 4.20. The molecule has 208 valence electrons. The molecule has 1 fully saturated rings. The number of aromatic nitrogens is 4. The lowest BCUT2D eigenvalue weighted by Crippen LogP contribution is -2.37. The molecule has 40 heavy (non-hydrogen) atoms. The molecule has 1 saturated heterocycles. The second-order valence-corrected chi connectivity index (χ2v) is 10.1. The van der Waals surface area contributed by atoms with Gasteiger partial charge < -0.3 is 34.2 Å². The van der Waals surface area contributed by atoms with Crippen LogP contribution in [-0.2, 0) is 18.6 Å². The zero-order valence-electron chi connectivity index (χ0n) is 20.9. The number of esters is 1. The van der Waals surface area contributed by atoms with Crippen molar-refractivity contribution < 1.29 is 43.0 Å². The van der Waals surface area contributed by atoms with Crippen LogP contribution in [0.5, 0.6) is 0 Å². The Morgan fingerprint density at radius 2 is 1.82 bits per heavy atom. The number of carbonyl (C=O) groups excluding carboxylic acids is 2. The number of fused-ring (bicyclic) bond motifs is 1. The summed E-state index contributed by atoms with van der Waals surface area (Å²) in [7, 11) is -5.33. The summed E-state index contributed by atoms with van der Waals surface area (Å²) < 4.78 is 28.6. The van der Waals surface area contributed by atoms with Crippen molar-refractivity contribution in [1.29, 1.82) is 0 Å². The number of hydrogen-bond acceptors (Lipinski definition) is 11. The first-order valence-electron chi connectivity index (χ1n) is 11.9. The van der Waals surface area contributed by atoms with Crippen molar-refractivity contribution in [2.75, 3.05) is 11.9 Å². The molecule has 5 rings (SSSR count). The van der Waals surface area contributed by atoms with E-state index >= 15 is 0 Å². The Morgan fingerprint density at radius 1 is 1.10 bits per heavy atom. The van der Waals surface area contributed by atoms with Gasteiger partial charge in [0.25, 0.3) is 13.7 Å². The second-order valence-electron chi connectivity index (χ2n) is 8.93. The predicted octanol–water partition coefficient (Wildman–Crippen LogP) is 1.35. The van der Waals surface area contributed by atoms with E-state index in [0.717, 1.165) is 11.9 Å². The van der Waals surface area contributed by atoms with Gasteiger partial charge in [-0.05, 0) is 31.2 Å². The summed E-state index contributed by atoms with van der Waals surface area (Å²) in [6.45, 7) is 1.34. The number of ether oxygens (including phenoxy) is 2. The number of aliphatic hydroxyl groups is 1. The van der Waals surface area contributed by atoms with Crippen molar-refractivity contribution in [3.05, 3.63) is 83.9 Å². The monoisotopic (exact) mass is 568 g/mol. The zero-order chi connectivity index (χ0) is 28.4. The average molecular weight is 568 g/mol. The quantitative estimate of drug-likeness (QED) is 0.204. The van der Waals surface area contributed by atoms with Crippen LogP contribution >= 0.6 is 7.82 Å². The standard InChI is InChI=1S/C25H24N5O9P/c1-14-7-9-16(10-8-14)25(33)37-11-17-20(39-40(34,35)36)19(31)24(38-17)30-13-28-18-21(26-12-27-22(18)30)29-23(32)15-5-3-2-4-6-15/h2-10,12-13,17,19-20,24,31H,11H2,1H3,(H2,34,35,36)(H,26,27,29,32)/p-1/t17-,19-,20-,24-/m1/s1. The molecule has 4 aromatic rings. The van der Waals surface area contributed by atoms with E-state index in [1.54, 1.807) is 54.6 Å². The van der Waals surface area contributed by atoms with Crippen LogP contribution in [0.4, 0.5) is 5.82 Å². The predicted molar refractivity (Wildman–Crippen MR) is 136 cm³/mol. The first kappa shape index (κ1) is 27.5. The van der Waals surface area contributed by atoms with Crippen molar-refractivity contribution in [1.82, 2.24) is 19.5 Å². The third-order valence-corrected chi connectivity index (χ3v) is 6.64. The molecule has 2 aromatic heterocycles. The van der Waals surface area contributed by atoms with Gasteiger partial charge >= 0.3 is 5.97 Å². The van der Waals surface area contributed by atoms with Gasteiger partial charge in [-0.3, -0.25) is 13.9 Å². The molecule has 3 N–H and O–H groups in total. The van der Waals surface area contributed by atoms with Crippen molar-refractivity contribution >= 4 is 36.7 Å². The highest BCUT2D eigenvalue weighted by atomic mass is 31.2. The van der Waals surface area contributed by atoms with Crippen molar-refractivity contribution in [2.24, 2.45) is 0 Å². The molecule has 1 aliphatic rings. The number of aryl methyl sites for hydroxylation is 1. The minimum absolute atomic E-state index is 0.0842. The van der Waals surface area contributed by atoms with Gasteiger partial charge in [0.2, 0.25) is 0 Å². The number of imidazole rings is 1. The Balaban J connectivity index is 1.38. The summed E-state index contributed by atoms with van der Waals surface area (Å²) in [4.78, 5) is 58.5. The van der Waals surface area contributed by atoms with Gasteiger partial charge in [-0.1, -0.05) is 35.9 Å². The zero-order valence-corrected chi connectivity index (χ0v) is 21.8. The van der Waals surface area contributed by atoms with Gasteiger partial charge in [-0.25, -0.2) is 19.7 Å². The Kier molecular flexibility index (Phi) is 7.72. The van der Waals surface area contributed by atoms with E-state index in [1.165, 1.54) is 10.9 Å². The number of nitrogens with one attached hydrogen (secondary N) is 1. The number of anilines is 1. The highest BCUT2D eigenvalue weighted by Gasteiger charge is 2.48. The summed E-state index contributed by atoms with van der Waals surface area (Å²) in [6, 6.07) is 15.0. The van der Waals surface area contributed by atoms with Gasteiger partial charge in [-0.15, -0.1) is 0 Å². The van der Waals surface area contributed by atoms with Crippen LogP contribution in [0.2, 0.25) is 0 Å². The number of rotatable bonds is 8. The molecular weight excluding hydrogens is 545 g/mol. The topological polar surface area (TPSA) is 198 Å². The van der Waals surface area contributed by atoms with Crippen LogP contribution in [0.1, 0.15) is 32.5 Å². The van der Waals surface area contributed by atoms with E-state index < -0.39 is 50.8 Å². The van der Waals surface area contributed by atoms with Crippen LogP contribution in [0, 0.1) is 6.92 Å². The van der Waals surface area contributed by atoms with Gasteiger partial charge in [0.05, 0.1) is 11.9 Å². The molecule has 15 heteroatoms. The SMILES string of the molecule is Cc1ccc(C(=O)OC[C@H]2O[C@@H](n3cnc4c(NC(=O)c5ccccc5)ncnc43)[C@H](O)[C@@H]2OP(=O)([O-])O)cc1. The smallest absolute Gasteiger partial charge is 0.338 e. The van der Waals surface area contributed by atoms with E-state index in [4.69, 9.17) is 14.0 Å². The number of phosphoric acid groups is 1. The number of phosphoric ester groups is 1. The Hall–Kier alpha value is -4.04. The molecule has 2 aromatic carbocycles. The molecule has 5 atom stereocenters. The largest absolute Gasteiger partial charge is 0.756 e. The van der Waals surface area contributed by atoms with E-state index in [9.17, 15) is 29.0 Å². The molecule has 0 bridgehead atoms. The lowest BCUT2D eigenvalue weighted by atomic mass is 10.1. The van der Waals surface area contributed by atoms with Crippen molar-refractivity contribution in [3.8, 4) is 0 Å². The third-order valence-electron chi connectivity index (χ3n) is 6.13. The maximum atomic E-state index is 12.6. The summed E-state index contributed by atoms with van der Waals surface area (Å²) >= 11 is 0. The molecule has 14 nitrogen and oxygen atoms in total. The molecule has 3 heterocycles. The van der Waals surface area contributed by atoms with Gasteiger partial charge in [0.1, 0.15) is 31.2 Å². The van der Waals surface area contributed by atoms with Crippen LogP contribution in [0.25, 0.3) is 11.2 Å². The molecular formula is C25H23N5O9P-. The number of amides is 1. The van der Waals surface area contributed by atoms with Crippen LogP contribution in [0.15, 0.2) is 67.3 Å². The minimum Gasteiger partial charge on any atom is -0.756 e. The van der Waals surface area contributed by atoms with Crippen molar-refractivity contribution in [3.63, 3.8) is 0 Å². The summed E-state index contributed by atoms with van der Waals surface area (Å²) in [6.07, 6.45) is -3.53. The molecule has 0 spiro atoms.